The smallest absolute Gasteiger partial charge is 0.396 e. The van der Waals surface area contributed by atoms with Crippen molar-refractivity contribution in [3.63, 3.8) is 0 Å². The highest BCUT2D eigenvalue weighted by Gasteiger charge is 2.35. The van der Waals surface area contributed by atoms with Crippen molar-refractivity contribution in [2.75, 3.05) is 32.8 Å². The average molecular weight is 357 g/mol. The Morgan fingerprint density at radius 2 is 1.87 bits per heavy atom. The van der Waals surface area contributed by atoms with E-state index in [0.29, 0.717) is 18.4 Å². The van der Waals surface area contributed by atoms with Gasteiger partial charge in [-0.15, -0.1) is 12.4 Å². The number of benzene rings is 1. The van der Waals surface area contributed by atoms with Crippen LogP contribution in [0.15, 0.2) is 18.2 Å². The summed E-state index contributed by atoms with van der Waals surface area (Å²) in [6.07, 6.45) is -3.67. The molecule has 2 N–H and O–H groups in total. The molecule has 3 nitrogen and oxygen atoms in total. The van der Waals surface area contributed by atoms with Gasteiger partial charge in [-0.25, -0.2) is 4.39 Å². The minimum atomic E-state index is -4.70. The molecular weight excluding hydrogens is 336 g/mol. The van der Waals surface area contributed by atoms with E-state index in [4.69, 9.17) is 5.11 Å². The van der Waals surface area contributed by atoms with Crippen LogP contribution in [0.5, 0.6) is 0 Å². The van der Waals surface area contributed by atoms with Crippen molar-refractivity contribution in [1.82, 2.24) is 10.2 Å². The van der Waals surface area contributed by atoms with Crippen LogP contribution in [0, 0.1) is 5.82 Å². The first-order valence-corrected chi connectivity index (χ1v) is 7.35. The highest BCUT2D eigenvalue weighted by atomic mass is 35.5. The highest BCUT2D eigenvalue weighted by Crippen LogP contribution is 2.35. The topological polar surface area (TPSA) is 35.5 Å². The maximum absolute atomic E-state index is 13.4. The maximum atomic E-state index is 13.4. The largest absolute Gasteiger partial charge is 0.419 e. The Kier molecular flexibility index (Phi) is 7.73. The quantitative estimate of drug-likeness (QED) is 0.796. The number of nitrogens with one attached hydrogen (secondary N) is 1. The molecule has 1 heterocycles. The predicted octanol–water partition coefficient (Wildman–Crippen LogP) is 2.99. The second-order valence-electron chi connectivity index (χ2n) is 5.40. The van der Waals surface area contributed by atoms with E-state index in [0.717, 1.165) is 38.3 Å². The Hall–Kier alpha value is -0.890. The van der Waals surface area contributed by atoms with Crippen LogP contribution in [-0.2, 0) is 6.18 Å². The molecule has 0 aromatic heterocycles. The van der Waals surface area contributed by atoms with Crippen molar-refractivity contribution in [2.45, 2.75) is 25.1 Å². The van der Waals surface area contributed by atoms with E-state index < -0.39 is 17.6 Å². The first kappa shape index (κ1) is 20.2. The molecule has 0 saturated carbocycles. The lowest BCUT2D eigenvalue weighted by atomic mass is 9.97. The molecule has 1 atom stereocenters. The van der Waals surface area contributed by atoms with Gasteiger partial charge in [0.15, 0.2) is 0 Å². The van der Waals surface area contributed by atoms with Gasteiger partial charge in [-0.1, -0.05) is 6.07 Å². The number of hydrogen-bond acceptors (Lipinski definition) is 3. The number of piperazine rings is 1. The summed E-state index contributed by atoms with van der Waals surface area (Å²) in [5.74, 6) is -1.25. The summed E-state index contributed by atoms with van der Waals surface area (Å²) in [5.41, 5.74) is -0.779. The molecule has 0 spiro atoms. The van der Waals surface area contributed by atoms with Crippen molar-refractivity contribution >= 4 is 12.4 Å². The van der Waals surface area contributed by atoms with Crippen LogP contribution in [0.25, 0.3) is 0 Å². The van der Waals surface area contributed by atoms with Crippen LogP contribution in [0.4, 0.5) is 17.6 Å². The molecule has 8 heteroatoms. The van der Waals surface area contributed by atoms with Gasteiger partial charge >= 0.3 is 6.18 Å². The van der Waals surface area contributed by atoms with Crippen molar-refractivity contribution in [2.24, 2.45) is 0 Å². The summed E-state index contributed by atoms with van der Waals surface area (Å²) in [6, 6.07) is 2.95. The third kappa shape index (κ3) is 5.31. The minimum Gasteiger partial charge on any atom is -0.396 e. The molecule has 1 saturated heterocycles. The molecule has 0 bridgehead atoms. The van der Waals surface area contributed by atoms with Crippen LogP contribution < -0.4 is 5.32 Å². The van der Waals surface area contributed by atoms with Crippen LogP contribution in [0.3, 0.4) is 0 Å². The molecule has 0 unspecified atom stereocenters. The van der Waals surface area contributed by atoms with Crippen molar-refractivity contribution in [1.29, 1.82) is 0 Å². The fraction of sp³-hybridized carbons (Fsp3) is 0.600. The first-order valence-electron chi connectivity index (χ1n) is 7.35. The Morgan fingerprint density at radius 1 is 1.22 bits per heavy atom. The summed E-state index contributed by atoms with van der Waals surface area (Å²) in [7, 11) is 0. The lowest BCUT2D eigenvalue weighted by Gasteiger charge is -2.35. The summed E-state index contributed by atoms with van der Waals surface area (Å²) in [4.78, 5) is 2.08. The molecule has 132 valence electrons. The Bertz CT molecular complexity index is 493. The molecule has 0 amide bonds. The Balaban J connectivity index is 0.00000264. The van der Waals surface area contributed by atoms with Crippen molar-refractivity contribution < 1.29 is 22.7 Å². The van der Waals surface area contributed by atoms with E-state index in [1.54, 1.807) is 0 Å². The third-order valence-electron chi connectivity index (χ3n) is 3.91. The molecule has 1 aromatic carbocycles. The molecule has 1 aromatic rings. The molecule has 0 aliphatic carbocycles. The van der Waals surface area contributed by atoms with E-state index in [9.17, 15) is 17.6 Å². The zero-order valence-electron chi connectivity index (χ0n) is 12.6. The average Bonchev–Trinajstić information content (AvgIpc) is 2.49. The van der Waals surface area contributed by atoms with Gasteiger partial charge in [-0.2, -0.15) is 13.2 Å². The van der Waals surface area contributed by atoms with Crippen LogP contribution in [0.1, 0.15) is 30.0 Å². The monoisotopic (exact) mass is 356 g/mol. The molecule has 0 radical (unpaired) electrons. The predicted molar refractivity (Wildman–Crippen MR) is 82.2 cm³/mol. The lowest BCUT2D eigenvalue weighted by Crippen LogP contribution is -2.45. The van der Waals surface area contributed by atoms with Crippen molar-refractivity contribution in [3.8, 4) is 0 Å². The van der Waals surface area contributed by atoms with Gasteiger partial charge in [-0.05, 0) is 30.5 Å². The van der Waals surface area contributed by atoms with Gasteiger partial charge in [0.1, 0.15) is 5.82 Å². The van der Waals surface area contributed by atoms with E-state index in [2.05, 4.69) is 10.2 Å². The molecule has 2 rings (SSSR count). The fourth-order valence-corrected chi connectivity index (χ4v) is 2.81. The lowest BCUT2D eigenvalue weighted by molar-refractivity contribution is -0.140. The summed E-state index contributed by atoms with van der Waals surface area (Å²) < 4.78 is 52.1. The third-order valence-corrected chi connectivity index (χ3v) is 3.91. The Morgan fingerprint density at radius 3 is 2.43 bits per heavy atom. The minimum absolute atomic E-state index is 0. The summed E-state index contributed by atoms with van der Waals surface area (Å²) in [5, 5.41) is 12.2. The molecule has 23 heavy (non-hydrogen) atoms. The van der Waals surface area contributed by atoms with E-state index >= 15 is 0 Å². The zero-order chi connectivity index (χ0) is 16.2. The van der Waals surface area contributed by atoms with Crippen LogP contribution in [0.2, 0.25) is 0 Å². The molecule has 1 aliphatic rings. The van der Waals surface area contributed by atoms with E-state index in [1.165, 1.54) is 6.07 Å². The van der Waals surface area contributed by atoms with E-state index in [1.807, 2.05) is 0 Å². The van der Waals surface area contributed by atoms with Gasteiger partial charge in [0, 0.05) is 38.8 Å². The number of nitrogens with zero attached hydrogens (tertiary/aromatic N) is 1. The second kappa shape index (κ2) is 8.82. The van der Waals surface area contributed by atoms with Gasteiger partial charge in [0.25, 0.3) is 0 Å². The number of rotatable bonds is 5. The zero-order valence-corrected chi connectivity index (χ0v) is 13.4. The maximum Gasteiger partial charge on any atom is 0.419 e. The van der Waals surface area contributed by atoms with Gasteiger partial charge in [-0.3, -0.25) is 4.90 Å². The number of aliphatic hydroxyl groups is 1. The second-order valence-corrected chi connectivity index (χ2v) is 5.40. The summed E-state index contributed by atoms with van der Waals surface area (Å²) >= 11 is 0. The number of halogens is 5. The van der Waals surface area contributed by atoms with Gasteiger partial charge < -0.3 is 10.4 Å². The normalized spacial score (nSPS) is 17.6. The molecule has 1 fully saturated rings. The molecule has 1 aliphatic heterocycles. The number of alkyl halides is 3. The highest BCUT2D eigenvalue weighted by molar-refractivity contribution is 5.85. The summed E-state index contributed by atoms with van der Waals surface area (Å²) in [6.45, 7) is 2.95. The SMILES string of the molecule is Cl.OCCC[C@@H](c1ccc(F)c(C(F)(F)F)c1)N1CCNCC1. The standard InChI is InChI=1S/C15H20F4N2O.ClH/c16-13-4-3-11(10-12(13)15(17,18)19)14(2-1-9-22)21-7-5-20-6-8-21;/h3-4,10,14,20,22H,1-2,5-9H2;1H/t14-;/m0./s1. The Labute approximate surface area is 139 Å². The van der Waals surface area contributed by atoms with Crippen LogP contribution in [-0.4, -0.2) is 42.8 Å². The fourth-order valence-electron chi connectivity index (χ4n) is 2.81. The van der Waals surface area contributed by atoms with Gasteiger partial charge in [0.05, 0.1) is 5.56 Å². The first-order chi connectivity index (χ1) is 10.4. The number of aliphatic hydroxyl groups excluding tert-OH is 1. The number of hydrogen-bond donors (Lipinski definition) is 2. The van der Waals surface area contributed by atoms with E-state index in [-0.39, 0.29) is 25.1 Å². The van der Waals surface area contributed by atoms with Gasteiger partial charge in [0.2, 0.25) is 0 Å². The molecular formula is C15H21ClF4N2O. The van der Waals surface area contributed by atoms with Crippen molar-refractivity contribution in [3.05, 3.63) is 35.1 Å². The van der Waals surface area contributed by atoms with Crippen LogP contribution >= 0.6 is 12.4 Å².